The van der Waals surface area contributed by atoms with Gasteiger partial charge >= 0.3 is 0 Å². The Morgan fingerprint density at radius 2 is 1.69 bits per heavy atom. The van der Waals surface area contributed by atoms with Gasteiger partial charge in [-0.15, -0.1) is 0 Å². The lowest BCUT2D eigenvalue weighted by atomic mass is 10.1. The molecule has 2 aromatic carbocycles. The Hall–Kier alpha value is -2.53. The number of piperazine rings is 1. The van der Waals surface area contributed by atoms with Crippen molar-refractivity contribution in [2.24, 2.45) is 0 Å². The normalized spacial score (nSPS) is 15.6. The van der Waals surface area contributed by atoms with E-state index in [1.807, 2.05) is 4.90 Å². The van der Waals surface area contributed by atoms with Gasteiger partial charge in [0, 0.05) is 45.0 Å². The number of carbonyl (C=O) groups is 1. The van der Waals surface area contributed by atoms with E-state index in [-0.39, 0.29) is 0 Å². The molecule has 0 radical (unpaired) electrons. The molecule has 136 valence electrons. The molecule has 5 heteroatoms. The summed E-state index contributed by atoms with van der Waals surface area (Å²) in [6.07, 6.45) is 2.88. The summed E-state index contributed by atoms with van der Waals surface area (Å²) in [6.45, 7) is 6.28. The fraction of sp³-hybridized carbons (Fsp3) is 0.286. The number of halogens is 2. The monoisotopic (exact) mass is 356 g/mol. The van der Waals surface area contributed by atoms with E-state index in [4.69, 9.17) is 0 Å². The highest BCUT2D eigenvalue weighted by Crippen LogP contribution is 2.14. The molecule has 0 N–H and O–H groups in total. The summed E-state index contributed by atoms with van der Waals surface area (Å²) >= 11 is 0. The Labute approximate surface area is 152 Å². The van der Waals surface area contributed by atoms with Crippen molar-refractivity contribution in [3.63, 3.8) is 0 Å². The first-order valence-electron chi connectivity index (χ1n) is 8.71. The van der Waals surface area contributed by atoms with Crippen LogP contribution >= 0.6 is 0 Å². The molecule has 0 aliphatic carbocycles. The van der Waals surface area contributed by atoms with Crippen LogP contribution in [-0.4, -0.2) is 41.8 Å². The molecule has 0 bridgehead atoms. The molecular formula is C21H22F2N2O. The maximum atomic E-state index is 13.6. The Morgan fingerprint density at radius 3 is 2.35 bits per heavy atom. The highest BCUT2D eigenvalue weighted by molar-refractivity contribution is 6.04. The average Bonchev–Trinajstić information content (AvgIpc) is 2.61. The first-order chi connectivity index (χ1) is 12.5. The van der Waals surface area contributed by atoms with Gasteiger partial charge in [-0.1, -0.05) is 35.9 Å². The Morgan fingerprint density at radius 1 is 1.04 bits per heavy atom. The van der Waals surface area contributed by atoms with Gasteiger partial charge in [0.15, 0.2) is 5.78 Å². The summed E-state index contributed by atoms with van der Waals surface area (Å²) in [5.41, 5.74) is 2.05. The number of allylic oxidation sites excluding steroid dienone is 1. The van der Waals surface area contributed by atoms with Gasteiger partial charge in [-0.25, -0.2) is 8.78 Å². The number of aryl methyl sites for hydroxylation is 1. The molecule has 0 saturated carbocycles. The van der Waals surface area contributed by atoms with Crippen molar-refractivity contribution in [1.82, 2.24) is 9.80 Å². The zero-order valence-electron chi connectivity index (χ0n) is 14.8. The predicted molar refractivity (Wildman–Crippen MR) is 97.9 cm³/mol. The van der Waals surface area contributed by atoms with Gasteiger partial charge in [0.2, 0.25) is 0 Å². The third kappa shape index (κ3) is 4.55. The molecule has 0 unspecified atom stereocenters. The third-order valence-electron chi connectivity index (χ3n) is 4.54. The largest absolute Gasteiger partial charge is 0.375 e. The van der Waals surface area contributed by atoms with Crippen molar-refractivity contribution in [2.45, 2.75) is 13.5 Å². The Kier molecular flexibility index (Phi) is 5.78. The number of carbonyl (C=O) groups excluding carboxylic acids is 1. The minimum absolute atomic E-state index is 0.498. The molecule has 0 amide bonds. The molecule has 0 aromatic heterocycles. The van der Waals surface area contributed by atoms with Gasteiger partial charge < -0.3 is 4.90 Å². The Bertz CT molecular complexity index is 791. The minimum Gasteiger partial charge on any atom is -0.375 e. The van der Waals surface area contributed by atoms with Crippen LogP contribution in [0.2, 0.25) is 0 Å². The van der Waals surface area contributed by atoms with Crippen LogP contribution in [0.1, 0.15) is 21.5 Å². The van der Waals surface area contributed by atoms with Gasteiger partial charge in [0.05, 0.1) is 5.56 Å². The van der Waals surface area contributed by atoms with Crippen LogP contribution in [-0.2, 0) is 6.54 Å². The molecule has 1 aliphatic heterocycles. The second kappa shape index (κ2) is 8.23. The minimum atomic E-state index is -0.831. The average molecular weight is 356 g/mol. The fourth-order valence-electron chi connectivity index (χ4n) is 3.13. The molecule has 0 atom stereocenters. The van der Waals surface area contributed by atoms with Crippen LogP contribution in [0.15, 0.2) is 54.7 Å². The van der Waals surface area contributed by atoms with Crippen molar-refractivity contribution in [3.8, 4) is 0 Å². The predicted octanol–water partition coefficient (Wildman–Crippen LogP) is 3.79. The zero-order valence-corrected chi connectivity index (χ0v) is 14.8. The van der Waals surface area contributed by atoms with Crippen LogP contribution in [0.5, 0.6) is 0 Å². The van der Waals surface area contributed by atoms with E-state index in [9.17, 15) is 13.6 Å². The highest BCUT2D eigenvalue weighted by atomic mass is 19.1. The molecule has 1 saturated heterocycles. The molecule has 1 aliphatic rings. The van der Waals surface area contributed by atoms with Gasteiger partial charge in [0.1, 0.15) is 11.6 Å². The van der Waals surface area contributed by atoms with Crippen LogP contribution < -0.4 is 0 Å². The van der Waals surface area contributed by atoms with Crippen LogP contribution in [0, 0.1) is 18.6 Å². The van der Waals surface area contributed by atoms with E-state index < -0.39 is 23.0 Å². The van der Waals surface area contributed by atoms with E-state index in [2.05, 4.69) is 36.1 Å². The lowest BCUT2D eigenvalue weighted by molar-refractivity contribution is 0.103. The van der Waals surface area contributed by atoms with Gasteiger partial charge in [0.25, 0.3) is 0 Å². The highest BCUT2D eigenvalue weighted by Gasteiger charge is 2.17. The number of hydrogen-bond acceptors (Lipinski definition) is 3. The summed E-state index contributed by atoms with van der Waals surface area (Å²) in [7, 11) is 0. The number of hydrogen-bond donors (Lipinski definition) is 0. The molecule has 1 heterocycles. The summed E-state index contributed by atoms with van der Waals surface area (Å²) in [4.78, 5) is 16.4. The quantitative estimate of drug-likeness (QED) is 0.602. The van der Waals surface area contributed by atoms with Crippen LogP contribution in [0.25, 0.3) is 0 Å². The van der Waals surface area contributed by atoms with Crippen molar-refractivity contribution in [2.75, 3.05) is 26.2 Å². The molecule has 2 aromatic rings. The van der Waals surface area contributed by atoms with Crippen molar-refractivity contribution in [1.29, 1.82) is 0 Å². The van der Waals surface area contributed by atoms with Gasteiger partial charge in [-0.2, -0.15) is 0 Å². The van der Waals surface area contributed by atoms with Gasteiger partial charge in [-0.05, 0) is 24.6 Å². The number of rotatable bonds is 5. The summed E-state index contributed by atoms with van der Waals surface area (Å²) < 4.78 is 27.3. The maximum absolute atomic E-state index is 13.6. The number of nitrogens with zero attached hydrogens (tertiary/aromatic N) is 2. The molecule has 3 nitrogen and oxygen atoms in total. The molecule has 1 fully saturated rings. The van der Waals surface area contributed by atoms with Crippen molar-refractivity contribution >= 4 is 5.78 Å². The van der Waals surface area contributed by atoms with E-state index >= 15 is 0 Å². The molecular weight excluding hydrogens is 334 g/mol. The summed E-state index contributed by atoms with van der Waals surface area (Å²) in [5.74, 6) is -2.31. The molecule has 3 rings (SSSR count). The maximum Gasteiger partial charge on any atom is 0.193 e. The second-order valence-corrected chi connectivity index (χ2v) is 6.58. The first-order valence-corrected chi connectivity index (χ1v) is 8.71. The standard InChI is InChI=1S/C21H22F2N2O/c1-16-4-2-5-17(14-16)15-25-12-10-24(11-13-25)9-8-20(26)21-18(22)6-3-7-19(21)23/h2-9,14H,10-13,15H2,1H3/b9-8+. The second-order valence-electron chi connectivity index (χ2n) is 6.58. The SMILES string of the molecule is Cc1cccc(CN2CCN(/C=C/C(=O)c3c(F)cccc3F)CC2)c1. The number of ketones is 1. The fourth-order valence-corrected chi connectivity index (χ4v) is 3.13. The third-order valence-corrected chi connectivity index (χ3v) is 4.54. The lowest BCUT2D eigenvalue weighted by Crippen LogP contribution is -2.43. The van der Waals surface area contributed by atoms with Crippen molar-refractivity contribution in [3.05, 3.63) is 83.1 Å². The van der Waals surface area contributed by atoms with E-state index in [1.54, 1.807) is 6.20 Å². The topological polar surface area (TPSA) is 23.6 Å². The van der Waals surface area contributed by atoms with E-state index in [0.29, 0.717) is 0 Å². The summed E-state index contributed by atoms with van der Waals surface area (Å²) in [6, 6.07) is 11.9. The first kappa shape index (κ1) is 18.3. The molecule has 26 heavy (non-hydrogen) atoms. The Balaban J connectivity index is 1.53. The van der Waals surface area contributed by atoms with Crippen LogP contribution in [0.4, 0.5) is 8.78 Å². The van der Waals surface area contributed by atoms with E-state index in [1.165, 1.54) is 23.3 Å². The van der Waals surface area contributed by atoms with Crippen molar-refractivity contribution < 1.29 is 13.6 Å². The molecule has 0 spiro atoms. The van der Waals surface area contributed by atoms with Gasteiger partial charge in [-0.3, -0.25) is 9.69 Å². The lowest BCUT2D eigenvalue weighted by Gasteiger charge is -2.34. The zero-order chi connectivity index (χ0) is 18.5. The smallest absolute Gasteiger partial charge is 0.193 e. The number of benzene rings is 2. The van der Waals surface area contributed by atoms with Crippen LogP contribution in [0.3, 0.4) is 0 Å². The van der Waals surface area contributed by atoms with E-state index in [0.717, 1.165) is 44.9 Å². The summed E-state index contributed by atoms with van der Waals surface area (Å²) in [5, 5.41) is 0.